The van der Waals surface area contributed by atoms with Gasteiger partial charge < -0.3 is 10.2 Å². The Morgan fingerprint density at radius 3 is 2.94 bits per heavy atom. The zero-order chi connectivity index (χ0) is 11.4. The Morgan fingerprint density at radius 1 is 1.50 bits per heavy atom. The van der Waals surface area contributed by atoms with E-state index < -0.39 is 0 Å². The van der Waals surface area contributed by atoms with Gasteiger partial charge in [-0.1, -0.05) is 0 Å². The summed E-state index contributed by atoms with van der Waals surface area (Å²) in [6, 6.07) is 2.14. The van der Waals surface area contributed by atoms with Gasteiger partial charge in [-0.15, -0.1) is 0 Å². The summed E-state index contributed by atoms with van der Waals surface area (Å²) in [6.07, 6.45) is 6.68. The molecule has 1 aliphatic carbocycles. The van der Waals surface area contributed by atoms with Crippen molar-refractivity contribution in [1.82, 2.24) is 10.3 Å². The minimum atomic E-state index is 0.893. The highest BCUT2D eigenvalue weighted by Crippen LogP contribution is 2.32. The fourth-order valence-corrected chi connectivity index (χ4v) is 2.06. The Kier molecular flexibility index (Phi) is 3.78. The van der Waals surface area contributed by atoms with Crippen LogP contribution < -0.4 is 10.2 Å². The van der Waals surface area contributed by atoms with Crippen LogP contribution in [0, 0.1) is 5.92 Å². The first-order valence-corrected chi connectivity index (χ1v) is 6.17. The van der Waals surface area contributed by atoms with Gasteiger partial charge in [-0.3, -0.25) is 4.98 Å². The molecule has 0 unspecified atom stereocenters. The average molecular weight is 219 g/mol. The van der Waals surface area contributed by atoms with Crippen molar-refractivity contribution in [3.05, 3.63) is 24.0 Å². The number of rotatable bonds is 6. The lowest BCUT2D eigenvalue weighted by Crippen LogP contribution is -2.27. The van der Waals surface area contributed by atoms with Crippen LogP contribution in [0.4, 0.5) is 5.69 Å². The molecular formula is C13H21N3. The molecule has 1 aromatic heterocycles. The van der Waals surface area contributed by atoms with Crippen molar-refractivity contribution in [2.45, 2.75) is 26.3 Å². The second-order valence-electron chi connectivity index (χ2n) is 4.52. The molecule has 0 amide bonds. The van der Waals surface area contributed by atoms with Gasteiger partial charge in [0.2, 0.25) is 0 Å². The van der Waals surface area contributed by atoms with Crippen LogP contribution in [0.3, 0.4) is 0 Å². The fraction of sp³-hybridized carbons (Fsp3) is 0.615. The molecule has 16 heavy (non-hydrogen) atoms. The van der Waals surface area contributed by atoms with E-state index in [0.717, 1.165) is 19.0 Å². The minimum Gasteiger partial charge on any atom is -0.371 e. The lowest BCUT2D eigenvalue weighted by Gasteiger charge is -2.25. The summed E-state index contributed by atoms with van der Waals surface area (Å²) in [5.74, 6) is 0.926. The maximum absolute atomic E-state index is 4.21. The van der Waals surface area contributed by atoms with Crippen molar-refractivity contribution in [1.29, 1.82) is 0 Å². The molecule has 3 heteroatoms. The highest BCUT2D eigenvalue weighted by Gasteiger charge is 2.24. The van der Waals surface area contributed by atoms with E-state index in [1.165, 1.54) is 30.6 Å². The largest absolute Gasteiger partial charge is 0.371 e. The molecule has 0 bridgehead atoms. The normalized spacial score (nSPS) is 15.1. The van der Waals surface area contributed by atoms with Gasteiger partial charge in [0.15, 0.2) is 0 Å². The third kappa shape index (κ3) is 2.73. The van der Waals surface area contributed by atoms with Gasteiger partial charge in [-0.05, 0) is 38.8 Å². The van der Waals surface area contributed by atoms with Crippen LogP contribution >= 0.6 is 0 Å². The standard InChI is InChI=1S/C13H21N3/c1-3-16(10-11-4-5-11)13-6-7-15-9-12(13)8-14-2/h6-7,9,11,14H,3-5,8,10H2,1-2H3. The molecule has 1 saturated carbocycles. The highest BCUT2D eigenvalue weighted by atomic mass is 15.1. The summed E-state index contributed by atoms with van der Waals surface area (Å²) < 4.78 is 0. The van der Waals surface area contributed by atoms with Crippen molar-refractivity contribution >= 4 is 5.69 Å². The fourth-order valence-electron chi connectivity index (χ4n) is 2.06. The SMILES string of the molecule is CCN(CC1CC1)c1ccncc1CNC. The van der Waals surface area contributed by atoms with Crippen LogP contribution in [0.5, 0.6) is 0 Å². The van der Waals surface area contributed by atoms with Gasteiger partial charge in [0.25, 0.3) is 0 Å². The van der Waals surface area contributed by atoms with Crippen LogP contribution in [0.25, 0.3) is 0 Å². The summed E-state index contributed by atoms with van der Waals surface area (Å²) in [4.78, 5) is 6.69. The molecule has 0 radical (unpaired) electrons. The van der Waals surface area contributed by atoms with E-state index >= 15 is 0 Å². The Morgan fingerprint density at radius 2 is 2.31 bits per heavy atom. The molecule has 1 fully saturated rings. The zero-order valence-electron chi connectivity index (χ0n) is 10.2. The monoisotopic (exact) mass is 219 g/mol. The first-order valence-electron chi connectivity index (χ1n) is 6.17. The smallest absolute Gasteiger partial charge is 0.0442 e. The van der Waals surface area contributed by atoms with E-state index in [2.05, 4.69) is 28.2 Å². The predicted molar refractivity (Wildman–Crippen MR) is 67.6 cm³/mol. The number of aromatic nitrogens is 1. The van der Waals surface area contributed by atoms with Gasteiger partial charge in [0.05, 0.1) is 0 Å². The predicted octanol–water partition coefficient (Wildman–Crippen LogP) is 2.04. The summed E-state index contributed by atoms with van der Waals surface area (Å²) in [6.45, 7) is 5.41. The minimum absolute atomic E-state index is 0.893. The molecule has 1 aliphatic rings. The van der Waals surface area contributed by atoms with Crippen molar-refractivity contribution in [3.63, 3.8) is 0 Å². The number of pyridine rings is 1. The molecule has 88 valence electrons. The molecule has 2 rings (SSSR count). The Balaban J connectivity index is 2.14. The summed E-state index contributed by atoms with van der Waals surface area (Å²) in [5.41, 5.74) is 2.64. The summed E-state index contributed by atoms with van der Waals surface area (Å²) in [5, 5.41) is 3.21. The Labute approximate surface area is 97.9 Å². The third-order valence-corrected chi connectivity index (χ3v) is 3.14. The van der Waals surface area contributed by atoms with E-state index in [1.807, 2.05) is 19.4 Å². The molecule has 0 saturated heterocycles. The molecule has 0 aromatic carbocycles. The van der Waals surface area contributed by atoms with E-state index in [4.69, 9.17) is 0 Å². The van der Waals surface area contributed by atoms with Crippen molar-refractivity contribution < 1.29 is 0 Å². The van der Waals surface area contributed by atoms with Gasteiger partial charge >= 0.3 is 0 Å². The van der Waals surface area contributed by atoms with E-state index in [-0.39, 0.29) is 0 Å². The van der Waals surface area contributed by atoms with Crippen LogP contribution in [0.1, 0.15) is 25.3 Å². The van der Waals surface area contributed by atoms with Crippen molar-refractivity contribution in [2.24, 2.45) is 5.92 Å². The van der Waals surface area contributed by atoms with Gasteiger partial charge in [-0.2, -0.15) is 0 Å². The average Bonchev–Trinajstić information content (AvgIpc) is 3.11. The van der Waals surface area contributed by atoms with E-state index in [9.17, 15) is 0 Å². The van der Waals surface area contributed by atoms with Crippen molar-refractivity contribution in [3.8, 4) is 0 Å². The number of hydrogen-bond donors (Lipinski definition) is 1. The summed E-state index contributed by atoms with van der Waals surface area (Å²) >= 11 is 0. The van der Waals surface area contributed by atoms with Crippen LogP contribution in [-0.2, 0) is 6.54 Å². The van der Waals surface area contributed by atoms with Gasteiger partial charge in [-0.25, -0.2) is 0 Å². The summed E-state index contributed by atoms with van der Waals surface area (Å²) in [7, 11) is 1.98. The molecule has 0 aliphatic heterocycles. The molecule has 1 heterocycles. The lowest BCUT2D eigenvalue weighted by atomic mass is 10.2. The van der Waals surface area contributed by atoms with Crippen LogP contribution in [-0.4, -0.2) is 25.1 Å². The molecule has 0 spiro atoms. The second-order valence-corrected chi connectivity index (χ2v) is 4.52. The van der Waals surface area contributed by atoms with Gasteiger partial charge in [0, 0.05) is 43.3 Å². The maximum Gasteiger partial charge on any atom is 0.0442 e. The zero-order valence-corrected chi connectivity index (χ0v) is 10.2. The third-order valence-electron chi connectivity index (χ3n) is 3.14. The van der Waals surface area contributed by atoms with Crippen LogP contribution in [0.2, 0.25) is 0 Å². The quantitative estimate of drug-likeness (QED) is 0.793. The Hall–Kier alpha value is -1.09. The number of anilines is 1. The van der Waals surface area contributed by atoms with E-state index in [1.54, 1.807) is 0 Å². The molecule has 1 aromatic rings. The van der Waals surface area contributed by atoms with E-state index in [0.29, 0.717) is 0 Å². The second kappa shape index (κ2) is 5.30. The number of nitrogens with zero attached hydrogens (tertiary/aromatic N) is 2. The molecular weight excluding hydrogens is 198 g/mol. The topological polar surface area (TPSA) is 28.2 Å². The highest BCUT2D eigenvalue weighted by molar-refractivity contribution is 5.52. The lowest BCUT2D eigenvalue weighted by molar-refractivity contribution is 0.728. The number of nitrogens with one attached hydrogen (secondary N) is 1. The maximum atomic E-state index is 4.21. The first-order chi connectivity index (χ1) is 7.85. The molecule has 0 atom stereocenters. The van der Waals surface area contributed by atoms with Crippen LogP contribution in [0.15, 0.2) is 18.5 Å². The molecule has 3 nitrogen and oxygen atoms in total. The van der Waals surface area contributed by atoms with Gasteiger partial charge in [0.1, 0.15) is 0 Å². The number of hydrogen-bond acceptors (Lipinski definition) is 3. The first kappa shape index (κ1) is 11.4. The van der Waals surface area contributed by atoms with Crippen molar-refractivity contribution in [2.75, 3.05) is 25.0 Å². The Bertz CT molecular complexity index is 334. The molecule has 1 N–H and O–H groups in total.